The molecule has 0 aromatic heterocycles. The van der Waals surface area contributed by atoms with Crippen molar-refractivity contribution >= 4 is 23.6 Å². The normalized spacial score (nSPS) is 11.5. The number of benzene rings is 3. The van der Waals surface area contributed by atoms with E-state index < -0.39 is 12.0 Å². The summed E-state index contributed by atoms with van der Waals surface area (Å²) >= 11 is 1.60. The van der Waals surface area contributed by atoms with Crippen LogP contribution in [0.3, 0.4) is 0 Å². The number of aliphatic hydroxyl groups excluding tert-OH is 1. The molecule has 0 bridgehead atoms. The minimum absolute atomic E-state index is 0.109. The van der Waals surface area contributed by atoms with Crippen LogP contribution in [0.15, 0.2) is 66.7 Å². The van der Waals surface area contributed by atoms with Crippen LogP contribution < -0.4 is 10.1 Å². The Bertz CT molecular complexity index is 1160. The molecule has 1 atom stereocenters. The van der Waals surface area contributed by atoms with Crippen molar-refractivity contribution in [3.8, 4) is 16.9 Å². The quantitative estimate of drug-likeness (QED) is 0.375. The van der Waals surface area contributed by atoms with Crippen molar-refractivity contribution in [2.24, 2.45) is 0 Å². The molecule has 7 heteroatoms. The summed E-state index contributed by atoms with van der Waals surface area (Å²) in [5.41, 5.74) is 4.76. The first-order valence-electron chi connectivity index (χ1n) is 11.4. The molecule has 35 heavy (non-hydrogen) atoms. The van der Waals surface area contributed by atoms with Crippen molar-refractivity contribution in [1.29, 1.82) is 0 Å². The van der Waals surface area contributed by atoms with E-state index in [0.717, 1.165) is 28.0 Å². The summed E-state index contributed by atoms with van der Waals surface area (Å²) in [6.07, 6.45) is 2.43. The zero-order valence-electron chi connectivity index (χ0n) is 20.2. The predicted octanol–water partition coefficient (Wildman–Crippen LogP) is 4.76. The molecule has 0 aliphatic heterocycles. The monoisotopic (exact) mass is 493 g/mol. The van der Waals surface area contributed by atoms with Crippen molar-refractivity contribution < 1.29 is 24.2 Å². The molecule has 0 aliphatic rings. The number of ether oxygens (including phenoxy) is 2. The van der Waals surface area contributed by atoms with Gasteiger partial charge in [0, 0.05) is 11.1 Å². The number of carbonyl (C=O) groups excluding carboxylic acids is 2. The van der Waals surface area contributed by atoms with Crippen LogP contribution >= 0.6 is 11.8 Å². The number of esters is 1. The Hall–Kier alpha value is -3.29. The number of carbonyl (C=O) groups is 2. The van der Waals surface area contributed by atoms with Gasteiger partial charge in [-0.3, -0.25) is 4.79 Å². The fraction of sp³-hybridized carbons (Fsp3) is 0.286. The number of nitrogens with one attached hydrogen (secondary N) is 1. The van der Waals surface area contributed by atoms with Crippen molar-refractivity contribution in [3.63, 3.8) is 0 Å². The molecular weight excluding hydrogens is 462 g/mol. The fourth-order valence-corrected chi connectivity index (χ4v) is 4.25. The van der Waals surface area contributed by atoms with Crippen molar-refractivity contribution in [2.75, 3.05) is 19.1 Å². The van der Waals surface area contributed by atoms with Crippen molar-refractivity contribution in [2.45, 2.75) is 32.6 Å². The maximum Gasteiger partial charge on any atom is 0.328 e. The van der Waals surface area contributed by atoms with Gasteiger partial charge >= 0.3 is 5.97 Å². The van der Waals surface area contributed by atoms with Crippen LogP contribution in [-0.4, -0.2) is 42.1 Å². The highest BCUT2D eigenvalue weighted by molar-refractivity contribution is 7.98. The SMILES string of the molecule is COC(=O)C(CCSC)NC(=O)c1ccc(COc2ccccc2CO)cc1-c1ccccc1C. The van der Waals surface area contributed by atoms with E-state index in [1.807, 2.05) is 73.8 Å². The van der Waals surface area contributed by atoms with Gasteiger partial charge < -0.3 is 19.9 Å². The minimum Gasteiger partial charge on any atom is -0.489 e. The smallest absolute Gasteiger partial charge is 0.328 e. The Morgan fingerprint density at radius 1 is 1.03 bits per heavy atom. The summed E-state index contributed by atoms with van der Waals surface area (Å²) in [7, 11) is 1.32. The van der Waals surface area contributed by atoms with E-state index in [1.54, 1.807) is 17.8 Å². The zero-order chi connectivity index (χ0) is 25.2. The number of aryl methyl sites for hydroxylation is 1. The largest absolute Gasteiger partial charge is 0.489 e. The molecule has 0 radical (unpaired) electrons. The number of hydrogen-bond acceptors (Lipinski definition) is 6. The first kappa shape index (κ1) is 26.3. The maximum atomic E-state index is 13.3. The standard InChI is InChI=1S/C28H31NO5S/c1-19-8-4-6-10-22(19)24-16-20(18-34-26-11-7-5-9-21(26)17-30)12-13-23(24)27(31)29-25(14-15-35-3)28(32)33-2/h4-13,16,25,30H,14-15,17-18H2,1-3H3,(H,29,31). The summed E-state index contributed by atoms with van der Waals surface area (Å²) in [6, 6.07) is 20.0. The Morgan fingerprint density at radius 3 is 2.49 bits per heavy atom. The molecule has 6 nitrogen and oxygen atoms in total. The highest BCUT2D eigenvalue weighted by Gasteiger charge is 2.24. The molecule has 0 spiro atoms. The Balaban J connectivity index is 1.93. The van der Waals surface area contributed by atoms with Crippen molar-refractivity contribution in [1.82, 2.24) is 5.32 Å². The number of rotatable bonds is 11. The molecule has 0 heterocycles. The molecule has 0 fully saturated rings. The third-order valence-electron chi connectivity index (χ3n) is 5.70. The topological polar surface area (TPSA) is 84.9 Å². The lowest BCUT2D eigenvalue weighted by Gasteiger charge is -2.19. The third-order valence-corrected chi connectivity index (χ3v) is 6.35. The molecular formula is C28H31NO5S. The maximum absolute atomic E-state index is 13.3. The lowest BCUT2D eigenvalue weighted by atomic mass is 9.93. The van der Waals surface area contributed by atoms with Gasteiger partial charge in [-0.25, -0.2) is 4.79 Å². The number of hydrogen-bond donors (Lipinski definition) is 2. The van der Waals surface area contributed by atoms with Gasteiger partial charge in [0.1, 0.15) is 18.4 Å². The lowest BCUT2D eigenvalue weighted by Crippen LogP contribution is -2.42. The van der Waals surface area contributed by atoms with Gasteiger partial charge in [-0.2, -0.15) is 11.8 Å². The van der Waals surface area contributed by atoms with Crippen LogP contribution in [0.25, 0.3) is 11.1 Å². The van der Waals surface area contributed by atoms with Gasteiger partial charge in [0.05, 0.1) is 13.7 Å². The summed E-state index contributed by atoms with van der Waals surface area (Å²) < 4.78 is 10.9. The van der Waals surface area contributed by atoms with Gasteiger partial charge in [-0.05, 0) is 65.8 Å². The fourth-order valence-electron chi connectivity index (χ4n) is 3.78. The molecule has 3 rings (SSSR count). The zero-order valence-corrected chi connectivity index (χ0v) is 21.1. The molecule has 2 N–H and O–H groups in total. The number of methoxy groups -OCH3 is 1. The average molecular weight is 494 g/mol. The Morgan fingerprint density at radius 2 is 1.77 bits per heavy atom. The van der Waals surface area contributed by atoms with Crippen LogP contribution in [0, 0.1) is 6.92 Å². The minimum atomic E-state index is -0.720. The van der Waals surface area contributed by atoms with Gasteiger partial charge in [0.25, 0.3) is 5.91 Å². The Labute approximate surface area is 210 Å². The van der Waals surface area contributed by atoms with Crippen LogP contribution in [-0.2, 0) is 22.7 Å². The van der Waals surface area contributed by atoms with Crippen LogP contribution in [0.2, 0.25) is 0 Å². The third kappa shape index (κ3) is 6.87. The van der Waals surface area contributed by atoms with Gasteiger partial charge in [0.2, 0.25) is 0 Å². The lowest BCUT2D eigenvalue weighted by molar-refractivity contribution is -0.142. The van der Waals surface area contributed by atoms with Crippen molar-refractivity contribution in [3.05, 3.63) is 89.0 Å². The first-order chi connectivity index (χ1) is 17.0. The van der Waals surface area contributed by atoms with E-state index in [4.69, 9.17) is 9.47 Å². The molecule has 1 amide bonds. The van der Waals surface area contributed by atoms with E-state index >= 15 is 0 Å². The van der Waals surface area contributed by atoms with Gasteiger partial charge in [-0.15, -0.1) is 0 Å². The average Bonchev–Trinajstić information content (AvgIpc) is 2.89. The van der Waals surface area contributed by atoms with E-state index in [0.29, 0.717) is 23.3 Å². The first-order valence-corrected chi connectivity index (χ1v) is 12.8. The second-order valence-electron chi connectivity index (χ2n) is 8.08. The number of thioether (sulfide) groups is 1. The van der Waals surface area contributed by atoms with Crippen LogP contribution in [0.1, 0.15) is 33.5 Å². The molecule has 0 saturated heterocycles. The predicted molar refractivity (Wildman–Crippen MR) is 140 cm³/mol. The molecule has 0 aliphatic carbocycles. The second-order valence-corrected chi connectivity index (χ2v) is 9.07. The molecule has 184 valence electrons. The van der Waals surface area contributed by atoms with E-state index in [1.165, 1.54) is 7.11 Å². The number of para-hydroxylation sites is 1. The highest BCUT2D eigenvalue weighted by Crippen LogP contribution is 2.29. The van der Waals surface area contributed by atoms with Gasteiger partial charge in [0.15, 0.2) is 0 Å². The Kier molecular flexibility index (Phi) is 9.76. The van der Waals surface area contributed by atoms with Crippen LogP contribution in [0.5, 0.6) is 5.75 Å². The molecule has 1 unspecified atom stereocenters. The van der Waals surface area contributed by atoms with E-state index in [-0.39, 0.29) is 19.1 Å². The van der Waals surface area contributed by atoms with E-state index in [2.05, 4.69) is 5.32 Å². The van der Waals surface area contributed by atoms with Gasteiger partial charge in [-0.1, -0.05) is 48.5 Å². The highest BCUT2D eigenvalue weighted by atomic mass is 32.2. The summed E-state index contributed by atoms with van der Waals surface area (Å²) in [4.78, 5) is 25.6. The molecule has 3 aromatic rings. The summed E-state index contributed by atoms with van der Waals surface area (Å²) in [6.45, 7) is 2.16. The van der Waals surface area contributed by atoms with E-state index in [9.17, 15) is 14.7 Å². The number of amides is 1. The second kappa shape index (κ2) is 13.0. The molecule has 0 saturated carbocycles. The summed E-state index contributed by atoms with van der Waals surface area (Å²) in [5.74, 6) is 0.537. The summed E-state index contributed by atoms with van der Waals surface area (Å²) in [5, 5.41) is 12.4. The number of aliphatic hydroxyl groups is 1. The molecule has 3 aromatic carbocycles. The van der Waals surface area contributed by atoms with Crippen LogP contribution in [0.4, 0.5) is 0 Å².